The summed E-state index contributed by atoms with van der Waals surface area (Å²) in [5, 5.41) is 2.39. The fourth-order valence-electron chi connectivity index (χ4n) is 1.58. The van der Waals surface area contributed by atoms with E-state index in [2.05, 4.69) is 9.97 Å². The van der Waals surface area contributed by atoms with E-state index in [1.165, 1.54) is 11.3 Å². The summed E-state index contributed by atoms with van der Waals surface area (Å²) in [6.45, 7) is 0. The van der Waals surface area contributed by atoms with Crippen LogP contribution in [0.25, 0.3) is 21.7 Å². The van der Waals surface area contributed by atoms with Gasteiger partial charge < -0.3 is 4.98 Å². The van der Waals surface area contributed by atoms with Crippen molar-refractivity contribution in [1.29, 1.82) is 0 Å². The molecule has 0 aliphatic heterocycles. The second-order valence-corrected chi connectivity index (χ2v) is 4.79. The van der Waals surface area contributed by atoms with Crippen molar-refractivity contribution >= 4 is 34.0 Å². The minimum absolute atomic E-state index is 0.378. The van der Waals surface area contributed by atoms with Crippen LogP contribution in [0.1, 0.15) is 0 Å². The van der Waals surface area contributed by atoms with Crippen molar-refractivity contribution in [3.8, 4) is 10.7 Å². The molecule has 6 heteroatoms. The van der Waals surface area contributed by atoms with Crippen LogP contribution in [-0.2, 0) is 0 Å². The van der Waals surface area contributed by atoms with E-state index in [4.69, 9.17) is 11.6 Å². The van der Waals surface area contributed by atoms with Gasteiger partial charge in [0.15, 0.2) is 11.6 Å². The van der Waals surface area contributed by atoms with Crippen LogP contribution in [0.5, 0.6) is 0 Å². The molecule has 2 aromatic heterocycles. The van der Waals surface area contributed by atoms with E-state index in [0.717, 1.165) is 17.0 Å². The first-order valence-electron chi connectivity index (χ1n) is 4.73. The number of fused-ring (bicyclic) bond motifs is 1. The Bertz CT molecular complexity index is 666. The number of hydrogen-bond acceptors (Lipinski definition) is 2. The van der Waals surface area contributed by atoms with Gasteiger partial charge in [-0.1, -0.05) is 11.6 Å². The smallest absolute Gasteiger partial charge is 0.161 e. The Hall–Kier alpha value is -1.46. The molecule has 1 N–H and O–H groups in total. The van der Waals surface area contributed by atoms with Gasteiger partial charge in [-0.2, -0.15) is 0 Å². The Morgan fingerprint density at radius 3 is 2.71 bits per heavy atom. The molecule has 3 aromatic rings. The third-order valence-corrected chi connectivity index (χ3v) is 3.70. The minimum Gasteiger partial charge on any atom is -0.337 e. The number of rotatable bonds is 1. The Kier molecular flexibility index (Phi) is 2.38. The summed E-state index contributed by atoms with van der Waals surface area (Å²) < 4.78 is 26.1. The summed E-state index contributed by atoms with van der Waals surface area (Å²) in [5.41, 5.74) is 0.826. The number of aromatic nitrogens is 2. The molecule has 1 aromatic carbocycles. The number of thiophene rings is 1. The van der Waals surface area contributed by atoms with Gasteiger partial charge in [0.1, 0.15) is 5.82 Å². The molecule has 0 radical (unpaired) electrons. The standard InChI is InChI=1S/C11H5ClF2N2S/c12-5-1-2-17-10(5)11-15-8-3-6(13)7(14)4-9(8)16-11/h1-4H,(H,15,16). The topological polar surface area (TPSA) is 28.7 Å². The van der Waals surface area contributed by atoms with Crippen LogP contribution in [0.4, 0.5) is 8.78 Å². The van der Waals surface area contributed by atoms with E-state index in [-0.39, 0.29) is 0 Å². The van der Waals surface area contributed by atoms with Crippen molar-refractivity contribution in [2.24, 2.45) is 0 Å². The Labute approximate surface area is 104 Å². The second kappa shape index (κ2) is 3.78. The van der Waals surface area contributed by atoms with Gasteiger partial charge in [-0.3, -0.25) is 0 Å². The van der Waals surface area contributed by atoms with Gasteiger partial charge in [0.2, 0.25) is 0 Å². The minimum atomic E-state index is -0.909. The lowest BCUT2D eigenvalue weighted by Gasteiger charge is -1.90. The Morgan fingerprint density at radius 2 is 2.00 bits per heavy atom. The number of benzene rings is 1. The van der Waals surface area contributed by atoms with E-state index >= 15 is 0 Å². The van der Waals surface area contributed by atoms with Gasteiger partial charge in [-0.25, -0.2) is 13.8 Å². The second-order valence-electron chi connectivity index (χ2n) is 3.47. The first kappa shape index (κ1) is 10.7. The maximum atomic E-state index is 13.0. The average molecular weight is 271 g/mol. The Morgan fingerprint density at radius 1 is 1.24 bits per heavy atom. The fraction of sp³-hybridized carbons (Fsp3) is 0. The molecule has 2 nitrogen and oxygen atoms in total. The first-order chi connectivity index (χ1) is 8.15. The lowest BCUT2D eigenvalue weighted by molar-refractivity contribution is 0.510. The molecule has 0 saturated heterocycles. The Balaban J connectivity index is 2.24. The maximum absolute atomic E-state index is 13.0. The molecule has 2 heterocycles. The SMILES string of the molecule is Fc1cc2nc(-c3sccc3Cl)[nH]c2cc1F. The van der Waals surface area contributed by atoms with Gasteiger partial charge >= 0.3 is 0 Å². The number of nitrogens with zero attached hydrogens (tertiary/aromatic N) is 1. The van der Waals surface area contributed by atoms with Gasteiger partial charge in [-0.05, 0) is 11.4 Å². The van der Waals surface area contributed by atoms with Gasteiger partial charge in [0, 0.05) is 12.1 Å². The summed E-state index contributed by atoms with van der Waals surface area (Å²) >= 11 is 7.38. The van der Waals surface area contributed by atoms with Crippen LogP contribution in [0, 0.1) is 11.6 Å². The monoisotopic (exact) mass is 270 g/mol. The first-order valence-corrected chi connectivity index (χ1v) is 5.99. The van der Waals surface area contributed by atoms with Gasteiger partial charge in [-0.15, -0.1) is 11.3 Å². The van der Waals surface area contributed by atoms with E-state index in [9.17, 15) is 8.78 Å². The third-order valence-electron chi connectivity index (χ3n) is 2.36. The van der Waals surface area contributed by atoms with Crippen LogP contribution in [-0.4, -0.2) is 9.97 Å². The van der Waals surface area contributed by atoms with Gasteiger partial charge in [0.25, 0.3) is 0 Å². The molecule has 0 aliphatic carbocycles. The summed E-state index contributed by atoms with van der Waals surface area (Å²) in [6.07, 6.45) is 0. The van der Waals surface area contributed by atoms with E-state index in [1.807, 2.05) is 5.38 Å². The van der Waals surface area contributed by atoms with Crippen molar-refractivity contribution in [2.75, 3.05) is 0 Å². The van der Waals surface area contributed by atoms with Crippen LogP contribution < -0.4 is 0 Å². The van der Waals surface area contributed by atoms with Crippen molar-refractivity contribution in [1.82, 2.24) is 9.97 Å². The number of nitrogens with one attached hydrogen (secondary N) is 1. The molecule has 0 atom stereocenters. The average Bonchev–Trinajstić information content (AvgIpc) is 2.85. The van der Waals surface area contributed by atoms with Crippen molar-refractivity contribution in [2.45, 2.75) is 0 Å². The number of hydrogen-bond donors (Lipinski definition) is 1. The zero-order chi connectivity index (χ0) is 12.0. The van der Waals surface area contributed by atoms with Crippen LogP contribution in [0.2, 0.25) is 5.02 Å². The molecular formula is C11H5ClF2N2S. The summed E-state index contributed by atoms with van der Waals surface area (Å²) in [6, 6.07) is 3.89. The normalized spacial score (nSPS) is 11.2. The third kappa shape index (κ3) is 1.71. The quantitative estimate of drug-likeness (QED) is 0.704. The molecule has 86 valence electrons. The van der Waals surface area contributed by atoms with Gasteiger partial charge in [0.05, 0.1) is 20.9 Å². The van der Waals surface area contributed by atoms with Crippen molar-refractivity contribution < 1.29 is 8.78 Å². The lowest BCUT2D eigenvalue weighted by Crippen LogP contribution is -1.82. The van der Waals surface area contributed by atoms with Crippen molar-refractivity contribution in [3.05, 3.63) is 40.2 Å². The molecule has 0 bridgehead atoms. The van der Waals surface area contributed by atoms with Crippen LogP contribution in [0.15, 0.2) is 23.6 Å². The summed E-state index contributed by atoms with van der Waals surface area (Å²) in [4.78, 5) is 7.85. The molecule has 0 saturated carbocycles. The highest BCUT2D eigenvalue weighted by Gasteiger charge is 2.12. The highest BCUT2D eigenvalue weighted by Crippen LogP contribution is 2.32. The number of H-pyrrole nitrogens is 1. The highest BCUT2D eigenvalue weighted by atomic mass is 35.5. The maximum Gasteiger partial charge on any atom is 0.161 e. The van der Waals surface area contributed by atoms with Crippen molar-refractivity contribution in [3.63, 3.8) is 0 Å². The summed E-state index contributed by atoms with van der Waals surface area (Å²) in [5.74, 6) is -1.29. The van der Waals surface area contributed by atoms with Crippen LogP contribution in [0.3, 0.4) is 0 Å². The predicted octanol–water partition coefficient (Wildman–Crippen LogP) is 4.22. The number of aromatic amines is 1. The molecule has 0 spiro atoms. The molecule has 0 fully saturated rings. The predicted molar refractivity (Wildman–Crippen MR) is 64.3 cm³/mol. The zero-order valence-corrected chi connectivity index (χ0v) is 9.87. The molecule has 0 amide bonds. The number of imidazole rings is 1. The molecule has 3 rings (SSSR count). The summed E-state index contributed by atoms with van der Waals surface area (Å²) in [7, 11) is 0. The zero-order valence-electron chi connectivity index (χ0n) is 8.30. The number of halogens is 3. The molecule has 17 heavy (non-hydrogen) atoms. The van der Waals surface area contributed by atoms with E-state index in [1.54, 1.807) is 6.07 Å². The highest BCUT2D eigenvalue weighted by molar-refractivity contribution is 7.14. The largest absolute Gasteiger partial charge is 0.337 e. The van der Waals surface area contributed by atoms with E-state index in [0.29, 0.717) is 21.9 Å². The van der Waals surface area contributed by atoms with Crippen LogP contribution >= 0.6 is 22.9 Å². The fourth-order valence-corrected chi connectivity index (χ4v) is 2.67. The van der Waals surface area contributed by atoms with E-state index < -0.39 is 11.6 Å². The molecule has 0 unspecified atom stereocenters. The molecule has 0 aliphatic rings. The lowest BCUT2D eigenvalue weighted by atomic mass is 10.3. The molecular weight excluding hydrogens is 266 g/mol.